The van der Waals surface area contributed by atoms with Gasteiger partial charge in [0.05, 0.1) is 0 Å². The molecular formula is C7H14N3+. The van der Waals surface area contributed by atoms with Crippen LogP contribution in [0.1, 0.15) is 13.8 Å². The summed E-state index contributed by atoms with van der Waals surface area (Å²) in [7, 11) is 0. The summed E-state index contributed by atoms with van der Waals surface area (Å²) in [4.78, 5) is 0. The molecule has 0 unspecified atom stereocenters. The molecule has 0 aromatic rings. The lowest BCUT2D eigenvalue weighted by atomic mass is 10.6. The van der Waals surface area contributed by atoms with Gasteiger partial charge in [0, 0.05) is 5.11 Å². The lowest BCUT2D eigenvalue weighted by molar-refractivity contribution is -0.522. The topological polar surface area (TPSA) is 41.4 Å². The van der Waals surface area contributed by atoms with Crippen LogP contribution in [0, 0.1) is 0 Å². The molecule has 0 aromatic carbocycles. The molecule has 10 heavy (non-hydrogen) atoms. The van der Waals surface area contributed by atoms with E-state index < -0.39 is 0 Å². The standard InChI is InChI=1S/C7H14N3/c1-4-7(8)9-10(5-2)6-3/h4-5H,2,6,8H2,1,3H3/q+1. The minimum atomic E-state index is 0.516. The normalized spacial score (nSPS) is 13.4. The second-order valence-corrected chi connectivity index (χ2v) is 1.75. The Balaban J connectivity index is 4.24. The molecule has 3 heteroatoms. The van der Waals surface area contributed by atoms with Crippen LogP contribution in [0.3, 0.4) is 0 Å². The molecule has 0 saturated heterocycles. The van der Waals surface area contributed by atoms with Gasteiger partial charge in [-0.05, 0) is 26.5 Å². The fraction of sp³-hybridized carbons (Fsp3) is 0.429. The fourth-order valence-electron chi connectivity index (χ4n) is 0.447. The molecule has 0 aliphatic heterocycles. The second-order valence-electron chi connectivity index (χ2n) is 1.75. The van der Waals surface area contributed by atoms with Gasteiger partial charge in [-0.25, -0.2) is 0 Å². The molecule has 0 fully saturated rings. The molecular weight excluding hydrogens is 126 g/mol. The summed E-state index contributed by atoms with van der Waals surface area (Å²) in [6, 6.07) is 0. The Morgan fingerprint density at radius 3 is 2.70 bits per heavy atom. The monoisotopic (exact) mass is 140 g/mol. The largest absolute Gasteiger partial charge is 0.379 e. The van der Waals surface area contributed by atoms with E-state index in [1.807, 2.05) is 13.8 Å². The molecule has 0 spiro atoms. The van der Waals surface area contributed by atoms with E-state index in [1.54, 1.807) is 17.0 Å². The van der Waals surface area contributed by atoms with Gasteiger partial charge >= 0.3 is 0 Å². The lowest BCUT2D eigenvalue weighted by Crippen LogP contribution is -2.03. The van der Waals surface area contributed by atoms with E-state index in [4.69, 9.17) is 5.73 Å². The van der Waals surface area contributed by atoms with E-state index in [0.717, 1.165) is 6.54 Å². The molecule has 0 aromatic heterocycles. The van der Waals surface area contributed by atoms with Crippen molar-refractivity contribution in [2.45, 2.75) is 13.8 Å². The van der Waals surface area contributed by atoms with Crippen molar-refractivity contribution in [1.29, 1.82) is 0 Å². The van der Waals surface area contributed by atoms with Gasteiger partial charge in [-0.2, -0.15) is 0 Å². The van der Waals surface area contributed by atoms with Crippen molar-refractivity contribution >= 4 is 0 Å². The summed E-state index contributed by atoms with van der Waals surface area (Å²) in [5.41, 5.74) is 5.43. The van der Waals surface area contributed by atoms with E-state index in [9.17, 15) is 0 Å². The summed E-state index contributed by atoms with van der Waals surface area (Å²) < 4.78 is 1.68. The Morgan fingerprint density at radius 2 is 2.40 bits per heavy atom. The zero-order valence-corrected chi connectivity index (χ0v) is 6.54. The van der Waals surface area contributed by atoms with Crippen LogP contribution in [-0.4, -0.2) is 11.2 Å². The summed E-state index contributed by atoms with van der Waals surface area (Å²) in [6.07, 6.45) is 3.38. The predicted octanol–water partition coefficient (Wildman–Crippen LogP) is 1.43. The van der Waals surface area contributed by atoms with Crippen LogP contribution in [-0.2, 0) is 0 Å². The van der Waals surface area contributed by atoms with Crippen molar-refractivity contribution in [3.8, 4) is 0 Å². The molecule has 0 rings (SSSR count). The van der Waals surface area contributed by atoms with Gasteiger partial charge in [0.1, 0.15) is 0 Å². The van der Waals surface area contributed by atoms with Gasteiger partial charge in [0.2, 0.25) is 0 Å². The first-order valence-corrected chi connectivity index (χ1v) is 3.27. The van der Waals surface area contributed by atoms with Gasteiger partial charge in [-0.15, -0.1) is 0 Å². The van der Waals surface area contributed by atoms with Crippen LogP contribution >= 0.6 is 0 Å². The minimum Gasteiger partial charge on any atom is -0.379 e. The van der Waals surface area contributed by atoms with Crippen LogP contribution in [0.4, 0.5) is 0 Å². The third-order valence-electron chi connectivity index (χ3n) is 1.07. The average molecular weight is 140 g/mol. The van der Waals surface area contributed by atoms with Gasteiger partial charge in [-0.1, -0.05) is 4.70 Å². The Morgan fingerprint density at radius 1 is 1.80 bits per heavy atom. The number of hydrogen-bond donors (Lipinski definition) is 1. The Kier molecular flexibility index (Phi) is 4.20. The van der Waals surface area contributed by atoms with Crippen molar-refractivity contribution in [1.82, 2.24) is 0 Å². The molecule has 0 saturated carbocycles. The smallest absolute Gasteiger partial charge is 0.189 e. The van der Waals surface area contributed by atoms with Crippen molar-refractivity contribution in [2.75, 3.05) is 6.54 Å². The molecule has 0 amide bonds. The second kappa shape index (κ2) is 4.73. The number of allylic oxidation sites excluding steroid dienone is 1. The van der Waals surface area contributed by atoms with E-state index in [2.05, 4.69) is 11.7 Å². The first-order chi connectivity index (χ1) is 4.74. The van der Waals surface area contributed by atoms with Crippen LogP contribution in [0.25, 0.3) is 0 Å². The molecule has 0 heterocycles. The fourth-order valence-corrected chi connectivity index (χ4v) is 0.447. The van der Waals surface area contributed by atoms with E-state index in [0.29, 0.717) is 5.82 Å². The van der Waals surface area contributed by atoms with Crippen LogP contribution in [0.15, 0.2) is 29.8 Å². The van der Waals surface area contributed by atoms with E-state index >= 15 is 0 Å². The Hall–Kier alpha value is -1.12. The highest BCUT2D eigenvalue weighted by atomic mass is 15.3. The number of nitrogens with zero attached hydrogens (tertiary/aromatic N) is 2. The lowest BCUT2D eigenvalue weighted by Gasteiger charge is -1.87. The van der Waals surface area contributed by atoms with Gasteiger partial charge < -0.3 is 5.73 Å². The van der Waals surface area contributed by atoms with Gasteiger partial charge in [0.15, 0.2) is 18.6 Å². The maximum absolute atomic E-state index is 5.43. The molecule has 0 atom stereocenters. The minimum absolute atomic E-state index is 0.516. The van der Waals surface area contributed by atoms with Crippen molar-refractivity contribution in [2.24, 2.45) is 10.8 Å². The first-order valence-electron chi connectivity index (χ1n) is 3.27. The number of azo groups is 2. The molecule has 0 radical (unpaired) electrons. The maximum atomic E-state index is 5.43. The van der Waals surface area contributed by atoms with Crippen LogP contribution in [0.5, 0.6) is 0 Å². The highest BCUT2D eigenvalue weighted by Gasteiger charge is 1.94. The predicted molar refractivity (Wildman–Crippen MR) is 41.4 cm³/mol. The average Bonchev–Trinajstić information content (AvgIpc) is 1.99. The summed E-state index contributed by atoms with van der Waals surface area (Å²) in [6.45, 7) is 8.18. The SMILES string of the molecule is C=C[N+](CC)=NC(N)=CC. The molecule has 2 N–H and O–H groups in total. The molecule has 0 aliphatic carbocycles. The van der Waals surface area contributed by atoms with E-state index in [1.165, 1.54) is 0 Å². The third kappa shape index (κ3) is 3.02. The highest BCUT2D eigenvalue weighted by molar-refractivity contribution is 4.87. The highest BCUT2D eigenvalue weighted by Crippen LogP contribution is 1.87. The number of hydrogen-bond acceptors (Lipinski definition) is 2. The zero-order chi connectivity index (χ0) is 7.98. The van der Waals surface area contributed by atoms with Crippen molar-refractivity contribution in [3.63, 3.8) is 0 Å². The molecule has 0 aliphatic rings. The van der Waals surface area contributed by atoms with Crippen molar-refractivity contribution in [3.05, 3.63) is 24.7 Å². The summed E-state index contributed by atoms with van der Waals surface area (Å²) >= 11 is 0. The maximum Gasteiger partial charge on any atom is 0.189 e. The Bertz CT molecular complexity index is 168. The molecule has 0 bridgehead atoms. The summed E-state index contributed by atoms with van der Waals surface area (Å²) in [5.74, 6) is 0.516. The Labute approximate surface area is 61.5 Å². The number of nitrogens with two attached hydrogens (primary N) is 1. The van der Waals surface area contributed by atoms with Crippen LogP contribution < -0.4 is 5.73 Å². The third-order valence-corrected chi connectivity index (χ3v) is 1.07. The quantitative estimate of drug-likeness (QED) is 0.467. The first kappa shape index (κ1) is 8.88. The molecule has 56 valence electrons. The van der Waals surface area contributed by atoms with Gasteiger partial charge in [-0.3, -0.25) is 0 Å². The summed E-state index contributed by atoms with van der Waals surface area (Å²) in [5, 5.41) is 3.99. The van der Waals surface area contributed by atoms with E-state index in [-0.39, 0.29) is 0 Å². The zero-order valence-electron chi connectivity index (χ0n) is 6.54. The molecule has 3 nitrogen and oxygen atoms in total. The number of rotatable bonds is 3. The van der Waals surface area contributed by atoms with Crippen molar-refractivity contribution < 1.29 is 4.70 Å². The van der Waals surface area contributed by atoms with Gasteiger partial charge in [0.25, 0.3) is 0 Å². The van der Waals surface area contributed by atoms with Crippen LogP contribution in [0.2, 0.25) is 0 Å².